The average Bonchev–Trinajstić information content (AvgIpc) is 3.89. The van der Waals surface area contributed by atoms with Gasteiger partial charge in [0.15, 0.2) is 20.1 Å². The molecule has 6 N–H and O–H groups in total. The second-order valence-electron chi connectivity index (χ2n) is 18.7. The molecule has 2 aliphatic rings. The predicted molar refractivity (Wildman–Crippen MR) is 236 cm³/mol. The molecule has 4 heterocycles. The number of imidazole rings is 1. The molecule has 14 nitrogen and oxygen atoms in total. The molecule has 4 aromatic rings. The molecule has 6 rings (SSSR count). The van der Waals surface area contributed by atoms with E-state index < -0.39 is 53.5 Å². The largest absolute Gasteiger partial charge is 0.456 e. The molecule has 2 saturated heterocycles. The first-order chi connectivity index (χ1) is 28.3. The number of nitrogens with zero attached hydrogens (tertiary/aromatic N) is 3. The highest BCUT2D eigenvalue weighted by atomic mass is 35.5. The lowest BCUT2D eigenvalue weighted by Gasteiger charge is -2.39. The Bertz CT molecular complexity index is 2030. The van der Waals surface area contributed by atoms with Crippen molar-refractivity contribution in [3.8, 4) is 28.4 Å². The van der Waals surface area contributed by atoms with Crippen LogP contribution in [0, 0.1) is 0 Å². The van der Waals surface area contributed by atoms with Gasteiger partial charge in [0, 0.05) is 33.3 Å². The number of pyridine rings is 1. The van der Waals surface area contributed by atoms with Crippen LogP contribution in [0.15, 0.2) is 54.6 Å². The SMILES string of the molecule is CC(C)(C)[Si](C)(C)OC1CO[C@H]2C1OC[C@H]2Oc1nc2nc(-c3ccc(-c4ccc(CNC[C@H](O)[C@@H](O)[C@H](O)[C@H](O)CO)cc4)cc3)c(Cl)cc2n1COCC[Si](C)(C)C. The predicted octanol–water partition coefficient (Wildman–Crippen LogP) is 5.19. The molecule has 8 atom stereocenters. The zero-order valence-electron chi connectivity index (χ0n) is 36.0. The van der Waals surface area contributed by atoms with Crippen LogP contribution in [0.2, 0.25) is 48.8 Å². The molecule has 60 heavy (non-hydrogen) atoms. The molecule has 0 spiro atoms. The van der Waals surface area contributed by atoms with E-state index >= 15 is 0 Å². The number of nitrogens with one attached hydrogen (secondary N) is 1. The van der Waals surface area contributed by atoms with Crippen LogP contribution in [0.1, 0.15) is 26.3 Å². The molecule has 0 radical (unpaired) electrons. The highest BCUT2D eigenvalue weighted by Gasteiger charge is 2.52. The number of aliphatic hydroxyl groups is 5. The summed E-state index contributed by atoms with van der Waals surface area (Å²) in [4.78, 5) is 9.84. The first-order valence-electron chi connectivity index (χ1n) is 20.7. The van der Waals surface area contributed by atoms with Crippen LogP contribution in [0.25, 0.3) is 33.5 Å². The van der Waals surface area contributed by atoms with Crippen molar-refractivity contribution in [3.63, 3.8) is 0 Å². The van der Waals surface area contributed by atoms with E-state index in [0.717, 1.165) is 28.3 Å². The van der Waals surface area contributed by atoms with Crippen LogP contribution >= 0.6 is 11.6 Å². The third-order valence-corrected chi connectivity index (χ3v) is 18.3. The topological polar surface area (TPSA) is 190 Å². The highest BCUT2D eigenvalue weighted by molar-refractivity contribution is 6.76. The zero-order chi connectivity index (χ0) is 43.6. The molecule has 0 saturated carbocycles. The van der Waals surface area contributed by atoms with E-state index in [1.165, 1.54) is 0 Å². The Balaban J connectivity index is 1.15. The van der Waals surface area contributed by atoms with Gasteiger partial charge in [-0.15, -0.1) is 0 Å². The minimum Gasteiger partial charge on any atom is -0.456 e. The van der Waals surface area contributed by atoms with Gasteiger partial charge in [-0.2, -0.15) is 4.98 Å². The summed E-state index contributed by atoms with van der Waals surface area (Å²) < 4.78 is 34.0. The fraction of sp³-hybridized carbons (Fsp3) is 0.581. The van der Waals surface area contributed by atoms with Crippen molar-refractivity contribution in [2.45, 2.75) is 127 Å². The second kappa shape index (κ2) is 19.3. The molecule has 0 aliphatic carbocycles. The normalized spacial score (nSPS) is 21.9. The van der Waals surface area contributed by atoms with Crippen LogP contribution in [0.4, 0.5) is 0 Å². The minimum absolute atomic E-state index is 0.0254. The first-order valence-corrected chi connectivity index (χ1v) is 27.7. The van der Waals surface area contributed by atoms with E-state index in [-0.39, 0.29) is 36.6 Å². The lowest BCUT2D eigenvalue weighted by atomic mass is 10.0. The second-order valence-corrected chi connectivity index (χ2v) is 29.5. The Morgan fingerprint density at radius 1 is 0.850 bits per heavy atom. The summed E-state index contributed by atoms with van der Waals surface area (Å²) >= 11 is 6.97. The summed E-state index contributed by atoms with van der Waals surface area (Å²) in [6, 6.07) is 19.1. The van der Waals surface area contributed by atoms with Crippen molar-refractivity contribution >= 4 is 39.2 Å². The van der Waals surface area contributed by atoms with E-state index in [2.05, 4.69) is 58.8 Å². The number of hydrogen-bond acceptors (Lipinski definition) is 13. The molecule has 17 heteroatoms. The van der Waals surface area contributed by atoms with Gasteiger partial charge in [0.25, 0.3) is 0 Å². The van der Waals surface area contributed by atoms with E-state index in [0.29, 0.717) is 54.3 Å². The van der Waals surface area contributed by atoms with E-state index in [4.69, 9.17) is 50.0 Å². The van der Waals surface area contributed by atoms with Gasteiger partial charge in [-0.25, -0.2) is 4.98 Å². The van der Waals surface area contributed by atoms with E-state index in [1.807, 2.05) is 59.2 Å². The molecule has 0 bridgehead atoms. The quantitative estimate of drug-likeness (QED) is 0.0534. The van der Waals surface area contributed by atoms with Crippen LogP contribution in [0.3, 0.4) is 0 Å². The summed E-state index contributed by atoms with van der Waals surface area (Å²) in [6.07, 6.45) is -7.23. The number of benzene rings is 2. The van der Waals surface area contributed by atoms with Crippen molar-refractivity contribution in [3.05, 3.63) is 65.2 Å². The summed E-state index contributed by atoms with van der Waals surface area (Å²) in [5, 5.41) is 52.1. The maximum atomic E-state index is 10.2. The monoisotopic (exact) mass is 886 g/mol. The van der Waals surface area contributed by atoms with E-state index in [9.17, 15) is 20.4 Å². The van der Waals surface area contributed by atoms with Gasteiger partial charge < -0.3 is 54.2 Å². The Morgan fingerprint density at radius 2 is 1.43 bits per heavy atom. The smallest absolute Gasteiger partial charge is 0.301 e. The number of halogens is 1. The van der Waals surface area contributed by atoms with Gasteiger partial charge in [0.1, 0.15) is 37.3 Å². The maximum Gasteiger partial charge on any atom is 0.301 e. The van der Waals surface area contributed by atoms with Gasteiger partial charge in [0.05, 0.1) is 48.3 Å². The third-order valence-electron chi connectivity index (χ3n) is 11.8. The van der Waals surface area contributed by atoms with Crippen molar-refractivity contribution in [1.29, 1.82) is 0 Å². The highest BCUT2D eigenvalue weighted by Crippen LogP contribution is 2.41. The lowest BCUT2D eigenvalue weighted by molar-refractivity contribution is -0.114. The first kappa shape index (κ1) is 46.7. The molecular weight excluding hydrogens is 824 g/mol. The van der Waals surface area contributed by atoms with Gasteiger partial charge in [0.2, 0.25) is 0 Å². The molecular formula is C43H63ClN4O10Si2. The molecule has 2 fully saturated rings. The fourth-order valence-electron chi connectivity index (χ4n) is 6.96. The fourth-order valence-corrected chi connectivity index (χ4v) is 9.29. The van der Waals surface area contributed by atoms with Gasteiger partial charge in [-0.3, -0.25) is 4.57 Å². The molecule has 330 valence electrons. The van der Waals surface area contributed by atoms with Crippen molar-refractivity contribution in [1.82, 2.24) is 19.9 Å². The molecule has 2 aliphatic heterocycles. The lowest BCUT2D eigenvalue weighted by Crippen LogP contribution is -2.48. The zero-order valence-corrected chi connectivity index (χ0v) is 38.7. The Kier molecular flexibility index (Phi) is 15.0. The summed E-state index contributed by atoms with van der Waals surface area (Å²) in [5.74, 6) is 0. The van der Waals surface area contributed by atoms with Gasteiger partial charge in [-0.1, -0.05) is 101 Å². The minimum atomic E-state index is -2.05. The summed E-state index contributed by atoms with van der Waals surface area (Å²) in [7, 11) is -3.37. The van der Waals surface area contributed by atoms with Crippen LogP contribution < -0.4 is 10.1 Å². The maximum absolute atomic E-state index is 10.2. The number of aromatic nitrogens is 3. The standard InChI is InChI=1S/C43H63ClN4O10Si2/c1-43(2,3)60(7,8)58-35-24-56-39-34(23-55-40(35)39)57-42-47-41-31(48(42)25-54-17-18-59(4,5)6)19-30(44)36(46-41)29-15-13-28(14-16-29)27-11-9-26(10-12-27)20-45-21-32(50)37(52)38(53)33(51)22-49/h9-16,19,32-35,37-40,45,49-53H,17-18,20-25H2,1-8H3/t32-,33+,34+,35?,37+,38+,39+,40?/m0/s1. The number of hydrogen-bond donors (Lipinski definition) is 6. The van der Waals surface area contributed by atoms with Crippen LogP contribution in [-0.4, -0.2) is 138 Å². The summed E-state index contributed by atoms with van der Waals surface area (Å²) in [5.41, 5.74) is 5.52. The van der Waals surface area contributed by atoms with Crippen LogP contribution in [0.5, 0.6) is 6.01 Å². The van der Waals surface area contributed by atoms with Crippen molar-refractivity contribution in [2.24, 2.45) is 0 Å². The number of ether oxygens (including phenoxy) is 4. The van der Waals surface area contributed by atoms with Gasteiger partial charge in [-0.05, 0) is 46.9 Å². The number of aliphatic hydroxyl groups excluding tert-OH is 5. The Hall–Kier alpha value is -2.82. The Labute approximate surface area is 359 Å². The van der Waals surface area contributed by atoms with Crippen molar-refractivity contribution in [2.75, 3.05) is 33.0 Å². The van der Waals surface area contributed by atoms with Crippen LogP contribution in [-0.2, 0) is 31.9 Å². The molecule has 0 amide bonds. The van der Waals surface area contributed by atoms with E-state index in [1.54, 1.807) is 0 Å². The number of fused-ring (bicyclic) bond motifs is 2. The molecule has 2 aromatic heterocycles. The average molecular weight is 888 g/mol. The molecule has 2 unspecified atom stereocenters. The molecule has 2 aromatic carbocycles. The van der Waals surface area contributed by atoms with Gasteiger partial charge >= 0.3 is 6.01 Å². The number of rotatable bonds is 19. The third kappa shape index (κ3) is 11.0. The van der Waals surface area contributed by atoms with Crippen molar-refractivity contribution < 1.29 is 48.9 Å². The summed E-state index contributed by atoms with van der Waals surface area (Å²) in [6.45, 7) is 19.4. The Morgan fingerprint density at radius 3 is 2.05 bits per heavy atom.